The summed E-state index contributed by atoms with van der Waals surface area (Å²) in [6.07, 6.45) is 0. The zero-order chi connectivity index (χ0) is 18.8. The predicted octanol–water partition coefficient (Wildman–Crippen LogP) is 5.21. The van der Waals surface area contributed by atoms with Crippen LogP contribution in [0.1, 0.15) is 16.1 Å². The number of benzene rings is 2. The van der Waals surface area contributed by atoms with Crippen LogP contribution in [0.5, 0.6) is 0 Å². The Labute approximate surface area is 165 Å². The van der Waals surface area contributed by atoms with Gasteiger partial charge in [0.1, 0.15) is 5.82 Å². The molecule has 0 aliphatic heterocycles. The smallest absolute Gasteiger partial charge is 0.258 e. The molecule has 4 aromatic rings. The molecule has 0 spiro atoms. The zero-order valence-electron chi connectivity index (χ0n) is 14.4. The third kappa shape index (κ3) is 3.63. The van der Waals surface area contributed by atoms with E-state index in [-0.39, 0.29) is 5.91 Å². The van der Waals surface area contributed by atoms with E-state index in [1.165, 1.54) is 11.3 Å². The minimum atomic E-state index is -0.290. The minimum Gasteiger partial charge on any atom is -0.306 e. The minimum absolute atomic E-state index is 0.290. The molecule has 5 nitrogen and oxygen atoms in total. The van der Waals surface area contributed by atoms with Crippen LogP contribution in [-0.4, -0.2) is 20.7 Å². The normalized spacial score (nSPS) is 10.7. The topological polar surface area (TPSA) is 59.8 Å². The summed E-state index contributed by atoms with van der Waals surface area (Å²) in [5.41, 5.74) is 3.09. The Bertz CT molecular complexity index is 1100. The van der Waals surface area contributed by atoms with Crippen molar-refractivity contribution in [1.82, 2.24) is 14.8 Å². The number of aromatic nitrogens is 3. The molecule has 4 rings (SSSR count). The Kier molecular flexibility index (Phi) is 4.75. The van der Waals surface area contributed by atoms with Gasteiger partial charge in [-0.05, 0) is 19.1 Å². The highest BCUT2D eigenvalue weighted by Crippen LogP contribution is 2.26. The molecule has 0 saturated heterocycles. The fourth-order valence-electron chi connectivity index (χ4n) is 2.67. The Hall–Kier alpha value is -2.96. The average Bonchev–Trinajstić information content (AvgIpc) is 3.29. The lowest BCUT2D eigenvalue weighted by Crippen LogP contribution is -2.15. The fraction of sp³-hybridized carbons (Fsp3) is 0.0500. The van der Waals surface area contributed by atoms with E-state index in [4.69, 9.17) is 11.6 Å². The summed E-state index contributed by atoms with van der Waals surface area (Å²) in [7, 11) is 0. The number of carbonyl (C=O) groups excluding carboxylic acids is 1. The molecular formula is C20H15ClN4OS. The average molecular weight is 395 g/mol. The van der Waals surface area contributed by atoms with Crippen LogP contribution >= 0.6 is 22.9 Å². The monoisotopic (exact) mass is 394 g/mol. The van der Waals surface area contributed by atoms with Crippen molar-refractivity contribution in [3.8, 4) is 16.4 Å². The van der Waals surface area contributed by atoms with E-state index in [2.05, 4.69) is 15.4 Å². The number of halogens is 1. The molecule has 134 valence electrons. The Morgan fingerprint density at radius 3 is 2.63 bits per heavy atom. The van der Waals surface area contributed by atoms with Crippen LogP contribution in [0.25, 0.3) is 16.4 Å². The summed E-state index contributed by atoms with van der Waals surface area (Å²) in [6, 6.07) is 18.7. The largest absolute Gasteiger partial charge is 0.306 e. The number of nitrogens with zero attached hydrogens (tertiary/aromatic N) is 3. The van der Waals surface area contributed by atoms with Crippen molar-refractivity contribution in [2.75, 3.05) is 5.32 Å². The molecule has 0 aliphatic rings. The number of rotatable bonds is 4. The van der Waals surface area contributed by atoms with Gasteiger partial charge < -0.3 is 5.32 Å². The van der Waals surface area contributed by atoms with Crippen molar-refractivity contribution in [3.63, 3.8) is 0 Å². The second-order valence-corrected chi connectivity index (χ2v) is 7.14. The quantitative estimate of drug-likeness (QED) is 0.516. The van der Waals surface area contributed by atoms with Crippen LogP contribution in [-0.2, 0) is 0 Å². The summed E-state index contributed by atoms with van der Waals surface area (Å²) >= 11 is 7.59. The summed E-state index contributed by atoms with van der Waals surface area (Å²) in [5, 5.41) is 10.4. The van der Waals surface area contributed by atoms with Crippen LogP contribution in [0.2, 0.25) is 5.02 Å². The van der Waals surface area contributed by atoms with Crippen molar-refractivity contribution in [2.24, 2.45) is 0 Å². The van der Waals surface area contributed by atoms with Gasteiger partial charge in [-0.1, -0.05) is 54.1 Å². The van der Waals surface area contributed by atoms with Crippen molar-refractivity contribution in [3.05, 3.63) is 82.3 Å². The number of anilines is 1. The molecule has 2 aromatic heterocycles. The van der Waals surface area contributed by atoms with Gasteiger partial charge in [0.2, 0.25) is 5.13 Å². The summed E-state index contributed by atoms with van der Waals surface area (Å²) < 4.78 is 1.64. The lowest BCUT2D eigenvalue weighted by molar-refractivity contribution is 0.102. The first-order chi connectivity index (χ1) is 13.1. The molecule has 1 N–H and O–H groups in total. The molecule has 7 heteroatoms. The first-order valence-corrected chi connectivity index (χ1v) is 9.51. The van der Waals surface area contributed by atoms with E-state index in [9.17, 15) is 4.79 Å². The van der Waals surface area contributed by atoms with E-state index in [1.54, 1.807) is 35.0 Å². The lowest BCUT2D eigenvalue weighted by Gasteiger charge is -2.07. The standard InChI is InChI=1S/C20H15ClN4OS/c1-13-11-18(23-19(26)15-9-5-6-10-16(15)21)25(24-13)20-22-17(12-27-20)14-7-3-2-4-8-14/h2-12H,1H3,(H,23,26). The molecule has 27 heavy (non-hydrogen) atoms. The summed E-state index contributed by atoms with van der Waals surface area (Å²) in [5.74, 6) is 0.257. The van der Waals surface area contributed by atoms with E-state index >= 15 is 0 Å². The van der Waals surface area contributed by atoms with E-state index in [0.29, 0.717) is 21.5 Å². The molecule has 0 fully saturated rings. The second kappa shape index (κ2) is 7.34. The van der Waals surface area contributed by atoms with E-state index < -0.39 is 0 Å². The maximum absolute atomic E-state index is 12.6. The van der Waals surface area contributed by atoms with Crippen LogP contribution < -0.4 is 5.32 Å². The highest BCUT2D eigenvalue weighted by molar-refractivity contribution is 7.12. The van der Waals surface area contributed by atoms with Crippen LogP contribution in [0.3, 0.4) is 0 Å². The first-order valence-electron chi connectivity index (χ1n) is 8.26. The van der Waals surface area contributed by atoms with Crippen LogP contribution in [0.4, 0.5) is 5.82 Å². The molecule has 1 amide bonds. The van der Waals surface area contributed by atoms with Crippen LogP contribution in [0, 0.1) is 6.92 Å². The number of thiazole rings is 1. The van der Waals surface area contributed by atoms with Gasteiger partial charge in [-0.3, -0.25) is 4.79 Å². The third-order valence-electron chi connectivity index (χ3n) is 3.93. The molecule has 0 unspecified atom stereocenters. The van der Waals surface area contributed by atoms with E-state index in [1.807, 2.05) is 42.6 Å². The van der Waals surface area contributed by atoms with Crippen molar-refractivity contribution in [1.29, 1.82) is 0 Å². The Balaban J connectivity index is 1.65. The van der Waals surface area contributed by atoms with Crippen LogP contribution in [0.15, 0.2) is 66.0 Å². The van der Waals surface area contributed by atoms with Crippen molar-refractivity contribution < 1.29 is 4.79 Å². The molecule has 0 bridgehead atoms. The van der Waals surface area contributed by atoms with Gasteiger partial charge in [0.15, 0.2) is 0 Å². The lowest BCUT2D eigenvalue weighted by atomic mass is 10.2. The number of hydrogen-bond donors (Lipinski definition) is 1. The second-order valence-electron chi connectivity index (χ2n) is 5.90. The van der Waals surface area contributed by atoms with E-state index in [0.717, 1.165) is 17.0 Å². The van der Waals surface area contributed by atoms with Gasteiger partial charge in [0.05, 0.1) is 22.0 Å². The molecular weight excluding hydrogens is 380 g/mol. The third-order valence-corrected chi connectivity index (χ3v) is 5.08. The maximum Gasteiger partial charge on any atom is 0.258 e. The molecule has 0 saturated carbocycles. The number of aryl methyl sites for hydroxylation is 1. The number of hydrogen-bond acceptors (Lipinski definition) is 4. The van der Waals surface area contributed by atoms with Gasteiger partial charge in [-0.25, -0.2) is 4.98 Å². The predicted molar refractivity (Wildman–Crippen MR) is 109 cm³/mol. The molecule has 2 aromatic carbocycles. The highest BCUT2D eigenvalue weighted by atomic mass is 35.5. The number of carbonyl (C=O) groups is 1. The first kappa shape index (κ1) is 17.5. The molecule has 0 radical (unpaired) electrons. The maximum atomic E-state index is 12.6. The van der Waals surface area contributed by atoms with Gasteiger partial charge in [0, 0.05) is 17.0 Å². The Morgan fingerprint density at radius 1 is 1.11 bits per heavy atom. The SMILES string of the molecule is Cc1cc(NC(=O)c2ccccc2Cl)n(-c2nc(-c3ccccc3)cs2)n1. The number of amides is 1. The fourth-order valence-corrected chi connectivity index (χ4v) is 3.68. The van der Waals surface area contributed by atoms with Crippen molar-refractivity contribution in [2.45, 2.75) is 6.92 Å². The molecule has 2 heterocycles. The van der Waals surface area contributed by atoms with Gasteiger partial charge in [-0.2, -0.15) is 9.78 Å². The van der Waals surface area contributed by atoms with Gasteiger partial charge in [-0.15, -0.1) is 11.3 Å². The zero-order valence-corrected chi connectivity index (χ0v) is 16.0. The summed E-state index contributed by atoms with van der Waals surface area (Å²) in [4.78, 5) is 17.3. The Morgan fingerprint density at radius 2 is 1.85 bits per heavy atom. The molecule has 0 aliphatic carbocycles. The summed E-state index contributed by atoms with van der Waals surface area (Å²) in [6.45, 7) is 1.87. The van der Waals surface area contributed by atoms with Gasteiger partial charge in [0.25, 0.3) is 5.91 Å². The highest BCUT2D eigenvalue weighted by Gasteiger charge is 2.16. The molecule has 0 atom stereocenters. The van der Waals surface area contributed by atoms with Crippen molar-refractivity contribution >= 4 is 34.7 Å². The van der Waals surface area contributed by atoms with Gasteiger partial charge >= 0.3 is 0 Å². The number of nitrogens with one attached hydrogen (secondary N) is 1.